The Kier molecular flexibility index (Phi) is 5.83. The molecule has 136 valence electrons. The first kappa shape index (κ1) is 17.6. The number of ether oxygens (including phenoxy) is 1. The number of nitrogens with one attached hydrogen (secondary N) is 1. The van der Waals surface area contributed by atoms with Gasteiger partial charge in [-0.3, -0.25) is 4.79 Å². The molecular weight excluding hydrogens is 324 g/mol. The van der Waals surface area contributed by atoms with Crippen molar-refractivity contribution in [1.29, 1.82) is 0 Å². The summed E-state index contributed by atoms with van der Waals surface area (Å²) in [5.41, 5.74) is 2.21. The Morgan fingerprint density at radius 3 is 2.92 bits per heavy atom. The van der Waals surface area contributed by atoms with Crippen molar-refractivity contribution in [3.63, 3.8) is 0 Å². The molecule has 1 aliphatic heterocycles. The van der Waals surface area contributed by atoms with Gasteiger partial charge in [0, 0.05) is 31.2 Å². The van der Waals surface area contributed by atoms with Gasteiger partial charge >= 0.3 is 0 Å². The molecule has 25 heavy (non-hydrogen) atoms. The summed E-state index contributed by atoms with van der Waals surface area (Å²) in [6.07, 6.45) is 1.52. The van der Waals surface area contributed by atoms with Crippen LogP contribution in [-0.2, 0) is 9.53 Å². The molecule has 2 aromatic heterocycles. The van der Waals surface area contributed by atoms with E-state index in [9.17, 15) is 4.79 Å². The van der Waals surface area contributed by atoms with E-state index in [0.29, 0.717) is 37.0 Å². The van der Waals surface area contributed by atoms with Crippen molar-refractivity contribution in [2.45, 2.75) is 19.8 Å². The molecule has 0 atom stereocenters. The van der Waals surface area contributed by atoms with Gasteiger partial charge in [-0.1, -0.05) is 0 Å². The highest BCUT2D eigenvalue weighted by atomic mass is 16.5. The fourth-order valence-electron chi connectivity index (χ4n) is 2.93. The molecule has 8 heteroatoms. The van der Waals surface area contributed by atoms with E-state index in [0.717, 1.165) is 31.6 Å². The Hall–Kier alpha value is -2.19. The molecule has 2 aromatic rings. The number of aliphatic hydroxyl groups excluding tert-OH is 1. The summed E-state index contributed by atoms with van der Waals surface area (Å²) in [4.78, 5) is 23.1. The summed E-state index contributed by atoms with van der Waals surface area (Å²) in [5, 5.41) is 11.5. The Morgan fingerprint density at radius 1 is 1.36 bits per heavy atom. The summed E-state index contributed by atoms with van der Waals surface area (Å²) in [5.74, 6) is 0.0564. The first-order valence-corrected chi connectivity index (χ1v) is 8.63. The maximum Gasteiger partial charge on any atom is 0.299 e. The number of carbonyl (C=O) groups is 1. The lowest BCUT2D eigenvalue weighted by molar-refractivity contribution is -0.125. The van der Waals surface area contributed by atoms with Crippen LogP contribution >= 0.6 is 0 Å². The number of hydrogen-bond donors (Lipinski definition) is 2. The highest BCUT2D eigenvalue weighted by Gasteiger charge is 2.27. The topological polar surface area (TPSA) is 101 Å². The molecule has 1 amide bonds. The van der Waals surface area contributed by atoms with Crippen LogP contribution in [0.25, 0.3) is 11.2 Å². The van der Waals surface area contributed by atoms with Crippen molar-refractivity contribution >= 4 is 23.2 Å². The predicted octanol–water partition coefficient (Wildman–Crippen LogP) is 0.873. The zero-order valence-corrected chi connectivity index (χ0v) is 14.4. The van der Waals surface area contributed by atoms with Crippen LogP contribution in [0.1, 0.15) is 18.5 Å². The zero-order chi connectivity index (χ0) is 17.6. The van der Waals surface area contributed by atoms with Gasteiger partial charge in [-0.25, -0.2) is 4.98 Å². The molecule has 0 bridgehead atoms. The lowest BCUT2D eigenvalue weighted by atomic mass is 9.96. The van der Waals surface area contributed by atoms with Crippen molar-refractivity contribution in [2.75, 3.05) is 44.4 Å². The number of pyridine rings is 1. The van der Waals surface area contributed by atoms with Crippen molar-refractivity contribution < 1.29 is 19.1 Å². The average molecular weight is 348 g/mol. The van der Waals surface area contributed by atoms with Gasteiger partial charge in [0.15, 0.2) is 5.58 Å². The van der Waals surface area contributed by atoms with E-state index in [4.69, 9.17) is 14.3 Å². The molecule has 1 saturated heterocycles. The number of nitrogens with zero attached hydrogens (tertiary/aromatic N) is 3. The maximum atomic E-state index is 12.2. The summed E-state index contributed by atoms with van der Waals surface area (Å²) >= 11 is 0. The lowest BCUT2D eigenvalue weighted by Crippen LogP contribution is -2.41. The number of anilines is 1. The minimum Gasteiger partial charge on any atom is -0.422 e. The first-order chi connectivity index (χ1) is 12.2. The Balaban J connectivity index is 1.48. The number of aryl methyl sites for hydroxylation is 1. The highest BCUT2D eigenvalue weighted by Crippen LogP contribution is 2.25. The Bertz CT molecular complexity index is 710. The molecule has 8 nitrogen and oxygen atoms in total. The minimum absolute atomic E-state index is 0.00107. The van der Waals surface area contributed by atoms with E-state index in [1.54, 1.807) is 0 Å². The van der Waals surface area contributed by atoms with E-state index >= 15 is 0 Å². The number of fused-ring (bicyclic) bond motifs is 1. The van der Waals surface area contributed by atoms with Crippen LogP contribution in [0.2, 0.25) is 0 Å². The van der Waals surface area contributed by atoms with E-state index in [-0.39, 0.29) is 18.4 Å². The third kappa shape index (κ3) is 4.46. The van der Waals surface area contributed by atoms with Crippen LogP contribution in [0.3, 0.4) is 0 Å². The SMILES string of the molecule is Cc1ccc2oc(N3CCC(C(=O)NCCOCCO)CC3)nc2n1. The number of amides is 1. The second-order valence-corrected chi connectivity index (χ2v) is 6.16. The van der Waals surface area contributed by atoms with E-state index < -0.39 is 0 Å². The Labute approximate surface area is 146 Å². The quantitative estimate of drug-likeness (QED) is 0.716. The fraction of sp³-hybridized carbons (Fsp3) is 0.588. The van der Waals surface area contributed by atoms with Crippen LogP contribution in [0.4, 0.5) is 6.01 Å². The smallest absolute Gasteiger partial charge is 0.299 e. The number of oxazole rings is 1. The molecule has 0 unspecified atom stereocenters. The van der Waals surface area contributed by atoms with E-state index in [2.05, 4.69) is 20.2 Å². The van der Waals surface area contributed by atoms with Gasteiger partial charge < -0.3 is 24.5 Å². The van der Waals surface area contributed by atoms with Crippen LogP contribution < -0.4 is 10.2 Å². The first-order valence-electron chi connectivity index (χ1n) is 8.63. The molecule has 1 aliphatic rings. The Morgan fingerprint density at radius 2 is 2.16 bits per heavy atom. The van der Waals surface area contributed by atoms with Gasteiger partial charge in [0.2, 0.25) is 11.6 Å². The number of carbonyl (C=O) groups excluding carboxylic acids is 1. The van der Waals surface area contributed by atoms with Crippen LogP contribution in [0, 0.1) is 12.8 Å². The van der Waals surface area contributed by atoms with Crippen LogP contribution in [-0.4, -0.2) is 60.4 Å². The molecule has 0 aliphatic carbocycles. The number of hydrogen-bond acceptors (Lipinski definition) is 7. The molecule has 0 aromatic carbocycles. The summed E-state index contributed by atoms with van der Waals surface area (Å²) < 4.78 is 10.9. The van der Waals surface area contributed by atoms with Gasteiger partial charge in [-0.2, -0.15) is 4.98 Å². The summed E-state index contributed by atoms with van der Waals surface area (Å²) in [6.45, 7) is 4.56. The van der Waals surface area contributed by atoms with Crippen molar-refractivity contribution in [2.24, 2.45) is 5.92 Å². The van der Waals surface area contributed by atoms with Gasteiger partial charge in [0.05, 0.1) is 19.8 Å². The molecule has 0 saturated carbocycles. The molecule has 2 N–H and O–H groups in total. The monoisotopic (exact) mass is 348 g/mol. The molecule has 3 rings (SSSR count). The average Bonchev–Trinajstić information content (AvgIpc) is 3.04. The number of aliphatic hydroxyl groups is 1. The molecule has 1 fully saturated rings. The molecule has 0 spiro atoms. The minimum atomic E-state index is -0.00266. The van der Waals surface area contributed by atoms with Gasteiger partial charge in [-0.15, -0.1) is 0 Å². The van der Waals surface area contributed by atoms with Gasteiger partial charge in [0.25, 0.3) is 6.01 Å². The van der Waals surface area contributed by atoms with Crippen molar-refractivity contribution in [1.82, 2.24) is 15.3 Å². The maximum absolute atomic E-state index is 12.2. The zero-order valence-electron chi connectivity index (χ0n) is 14.4. The van der Waals surface area contributed by atoms with Gasteiger partial charge in [0.1, 0.15) is 0 Å². The predicted molar refractivity (Wildman–Crippen MR) is 92.4 cm³/mol. The normalized spacial score (nSPS) is 15.7. The molecular formula is C17H24N4O4. The standard InChI is InChI=1S/C17H24N4O4/c1-12-2-3-14-15(19-12)20-17(25-14)21-7-4-13(5-8-21)16(23)18-6-10-24-11-9-22/h2-3,13,22H,4-11H2,1H3,(H,18,23). The van der Waals surface area contributed by atoms with Crippen LogP contribution in [0.15, 0.2) is 16.5 Å². The summed E-state index contributed by atoms with van der Waals surface area (Å²) in [7, 11) is 0. The highest BCUT2D eigenvalue weighted by molar-refractivity contribution is 5.79. The molecule has 3 heterocycles. The van der Waals surface area contributed by atoms with E-state index in [1.807, 2.05) is 19.1 Å². The van der Waals surface area contributed by atoms with Crippen molar-refractivity contribution in [3.8, 4) is 0 Å². The van der Waals surface area contributed by atoms with Crippen molar-refractivity contribution in [3.05, 3.63) is 17.8 Å². The second kappa shape index (κ2) is 8.26. The molecule has 0 radical (unpaired) electrons. The third-order valence-corrected chi connectivity index (χ3v) is 4.30. The fourth-order valence-corrected chi connectivity index (χ4v) is 2.93. The van der Waals surface area contributed by atoms with Crippen LogP contribution in [0.5, 0.6) is 0 Å². The largest absolute Gasteiger partial charge is 0.422 e. The summed E-state index contributed by atoms with van der Waals surface area (Å²) in [6, 6.07) is 4.36. The lowest BCUT2D eigenvalue weighted by Gasteiger charge is -2.30. The van der Waals surface area contributed by atoms with E-state index in [1.165, 1.54) is 0 Å². The number of aromatic nitrogens is 2. The van der Waals surface area contributed by atoms with Gasteiger partial charge in [-0.05, 0) is 31.9 Å². The third-order valence-electron chi connectivity index (χ3n) is 4.30. The number of piperidine rings is 1. The number of rotatable bonds is 7. The second-order valence-electron chi connectivity index (χ2n) is 6.16.